The van der Waals surface area contributed by atoms with Crippen molar-refractivity contribution in [1.82, 2.24) is 15.0 Å². The van der Waals surface area contributed by atoms with E-state index in [1.807, 2.05) is 23.2 Å². The van der Waals surface area contributed by atoms with E-state index in [1.54, 1.807) is 6.20 Å². The van der Waals surface area contributed by atoms with Gasteiger partial charge in [-0.3, -0.25) is 4.98 Å². The number of aromatic nitrogens is 3. The van der Waals surface area contributed by atoms with Gasteiger partial charge >= 0.3 is 0 Å². The maximum Gasteiger partial charge on any atom is 0.225 e. The van der Waals surface area contributed by atoms with Crippen molar-refractivity contribution in [2.45, 2.75) is 46.1 Å². The minimum Gasteiger partial charge on any atom is -0.354 e. The molecule has 25 heavy (non-hydrogen) atoms. The molecule has 2 aromatic rings. The molecule has 134 valence electrons. The topological polar surface area (TPSA) is 53.9 Å². The molecule has 3 rings (SSSR count). The molecule has 0 aromatic carbocycles. The van der Waals surface area contributed by atoms with Gasteiger partial charge in [-0.05, 0) is 36.3 Å². The Labute approximate surface area is 148 Å². The van der Waals surface area contributed by atoms with Crippen LogP contribution in [0.3, 0.4) is 0 Å². The van der Waals surface area contributed by atoms with Crippen LogP contribution >= 0.6 is 0 Å². The maximum atomic E-state index is 14.1. The van der Waals surface area contributed by atoms with Gasteiger partial charge in [-0.25, -0.2) is 9.37 Å². The lowest BCUT2D eigenvalue weighted by Crippen LogP contribution is -2.23. The average Bonchev–Trinajstić information content (AvgIpc) is 3.10. The summed E-state index contributed by atoms with van der Waals surface area (Å²) in [4.78, 5) is 14.8. The van der Waals surface area contributed by atoms with Gasteiger partial charge in [0.05, 0.1) is 12.2 Å². The van der Waals surface area contributed by atoms with Crippen LogP contribution < -0.4 is 10.2 Å². The van der Waals surface area contributed by atoms with Crippen molar-refractivity contribution >= 4 is 11.8 Å². The van der Waals surface area contributed by atoms with Crippen LogP contribution in [0.15, 0.2) is 30.7 Å². The number of rotatable bonds is 5. The Balaban J connectivity index is 1.85. The molecule has 1 unspecified atom stereocenters. The van der Waals surface area contributed by atoms with E-state index in [-0.39, 0.29) is 17.3 Å². The zero-order valence-electron chi connectivity index (χ0n) is 15.2. The molecule has 1 atom stereocenters. The van der Waals surface area contributed by atoms with Crippen molar-refractivity contribution in [1.29, 1.82) is 0 Å². The Kier molecular flexibility index (Phi) is 5.16. The van der Waals surface area contributed by atoms with E-state index in [2.05, 4.69) is 41.0 Å². The van der Waals surface area contributed by atoms with Gasteiger partial charge in [0.1, 0.15) is 0 Å². The molecule has 2 aromatic heterocycles. The van der Waals surface area contributed by atoms with Gasteiger partial charge in [-0.15, -0.1) is 0 Å². The van der Waals surface area contributed by atoms with Crippen LogP contribution in [0.5, 0.6) is 0 Å². The fourth-order valence-corrected chi connectivity index (χ4v) is 3.18. The normalized spacial score (nSPS) is 16.1. The van der Waals surface area contributed by atoms with Crippen LogP contribution in [-0.4, -0.2) is 28.0 Å². The largest absolute Gasteiger partial charge is 0.354 e. The predicted octanol–water partition coefficient (Wildman–Crippen LogP) is 4.20. The van der Waals surface area contributed by atoms with Gasteiger partial charge < -0.3 is 10.2 Å². The fraction of sp³-hybridized carbons (Fsp3) is 0.526. The van der Waals surface area contributed by atoms with E-state index in [0.717, 1.165) is 37.9 Å². The number of halogens is 1. The highest BCUT2D eigenvalue weighted by atomic mass is 19.1. The average molecular weight is 343 g/mol. The van der Waals surface area contributed by atoms with E-state index in [9.17, 15) is 4.39 Å². The van der Waals surface area contributed by atoms with Gasteiger partial charge in [0.2, 0.25) is 5.95 Å². The summed E-state index contributed by atoms with van der Waals surface area (Å²) in [5.41, 5.74) is 1.19. The Bertz CT molecular complexity index is 693. The van der Waals surface area contributed by atoms with Gasteiger partial charge in [0, 0.05) is 25.5 Å². The molecule has 0 bridgehead atoms. The lowest BCUT2D eigenvalue weighted by Gasteiger charge is -2.27. The third kappa shape index (κ3) is 4.65. The van der Waals surface area contributed by atoms with Crippen molar-refractivity contribution in [2.24, 2.45) is 5.41 Å². The Hall–Kier alpha value is -2.24. The minimum atomic E-state index is -0.360. The molecule has 0 radical (unpaired) electrons. The first kappa shape index (κ1) is 17.6. The lowest BCUT2D eigenvalue weighted by molar-refractivity contribution is 0.351. The standard InChI is InChI=1S/C19H26FN5/c1-19(2,3)11-16(14-7-6-8-21-12-14)23-18-22-13-15(20)17(24-18)25-9-4-5-10-25/h6-8,12-13,16H,4-5,9-11H2,1-3H3,(H,22,23,24). The second-order valence-corrected chi connectivity index (χ2v) is 7.81. The highest BCUT2D eigenvalue weighted by Gasteiger charge is 2.23. The van der Waals surface area contributed by atoms with Crippen LogP contribution in [0, 0.1) is 11.2 Å². The molecular weight excluding hydrogens is 317 g/mol. The number of pyridine rings is 1. The number of anilines is 2. The molecule has 1 aliphatic rings. The zero-order valence-corrected chi connectivity index (χ0v) is 15.2. The van der Waals surface area contributed by atoms with E-state index in [1.165, 1.54) is 6.20 Å². The SMILES string of the molecule is CC(C)(C)CC(Nc1ncc(F)c(N2CCCC2)n1)c1cccnc1. The quantitative estimate of drug-likeness (QED) is 0.882. The first-order chi connectivity index (χ1) is 11.9. The third-order valence-electron chi connectivity index (χ3n) is 4.34. The van der Waals surface area contributed by atoms with E-state index in [0.29, 0.717) is 11.8 Å². The van der Waals surface area contributed by atoms with Gasteiger partial charge in [-0.2, -0.15) is 4.98 Å². The molecule has 3 heterocycles. The monoisotopic (exact) mass is 343 g/mol. The molecule has 1 aliphatic heterocycles. The van der Waals surface area contributed by atoms with Crippen molar-refractivity contribution in [3.8, 4) is 0 Å². The minimum absolute atomic E-state index is 0.0191. The fourth-order valence-electron chi connectivity index (χ4n) is 3.18. The highest BCUT2D eigenvalue weighted by molar-refractivity contribution is 5.45. The van der Waals surface area contributed by atoms with Crippen molar-refractivity contribution < 1.29 is 4.39 Å². The first-order valence-corrected chi connectivity index (χ1v) is 8.86. The molecule has 0 saturated carbocycles. The molecule has 0 aliphatic carbocycles. The zero-order chi connectivity index (χ0) is 17.9. The summed E-state index contributed by atoms with van der Waals surface area (Å²) in [6, 6.07) is 3.99. The van der Waals surface area contributed by atoms with Gasteiger partial charge in [0.25, 0.3) is 0 Å². The molecule has 5 nitrogen and oxygen atoms in total. The van der Waals surface area contributed by atoms with E-state index in [4.69, 9.17) is 0 Å². The first-order valence-electron chi connectivity index (χ1n) is 8.86. The van der Waals surface area contributed by atoms with Crippen molar-refractivity contribution in [3.05, 3.63) is 42.1 Å². The van der Waals surface area contributed by atoms with Crippen molar-refractivity contribution in [3.63, 3.8) is 0 Å². The van der Waals surface area contributed by atoms with E-state index >= 15 is 0 Å². The van der Waals surface area contributed by atoms with Crippen LogP contribution in [0.1, 0.15) is 51.6 Å². The highest BCUT2D eigenvalue weighted by Crippen LogP contribution is 2.32. The van der Waals surface area contributed by atoms with Gasteiger partial charge in [-0.1, -0.05) is 26.8 Å². The molecule has 1 N–H and O–H groups in total. The third-order valence-corrected chi connectivity index (χ3v) is 4.34. The number of nitrogens with one attached hydrogen (secondary N) is 1. The number of nitrogens with zero attached hydrogens (tertiary/aromatic N) is 4. The lowest BCUT2D eigenvalue weighted by atomic mass is 9.86. The summed E-state index contributed by atoms with van der Waals surface area (Å²) in [5, 5.41) is 3.39. The van der Waals surface area contributed by atoms with Gasteiger partial charge in [0.15, 0.2) is 11.6 Å². The molecule has 1 saturated heterocycles. The number of hydrogen-bond acceptors (Lipinski definition) is 5. The maximum absolute atomic E-state index is 14.1. The van der Waals surface area contributed by atoms with E-state index < -0.39 is 0 Å². The van der Waals surface area contributed by atoms with Crippen molar-refractivity contribution in [2.75, 3.05) is 23.3 Å². The Morgan fingerprint density at radius 3 is 2.64 bits per heavy atom. The summed E-state index contributed by atoms with van der Waals surface area (Å²) in [7, 11) is 0. The molecule has 6 heteroatoms. The summed E-state index contributed by atoms with van der Waals surface area (Å²) >= 11 is 0. The van der Waals surface area contributed by atoms with Crippen LogP contribution in [-0.2, 0) is 0 Å². The summed E-state index contributed by atoms with van der Waals surface area (Å²) in [6.45, 7) is 8.28. The summed E-state index contributed by atoms with van der Waals surface area (Å²) in [6.07, 6.45) is 7.92. The second-order valence-electron chi connectivity index (χ2n) is 7.81. The van der Waals surface area contributed by atoms with Crippen LogP contribution in [0.2, 0.25) is 0 Å². The molecule has 0 amide bonds. The summed E-state index contributed by atoms with van der Waals surface area (Å²) < 4.78 is 14.1. The van der Waals surface area contributed by atoms with Crippen LogP contribution in [0.4, 0.5) is 16.2 Å². The predicted molar refractivity (Wildman–Crippen MR) is 98.1 cm³/mol. The summed E-state index contributed by atoms with van der Waals surface area (Å²) in [5.74, 6) is 0.498. The smallest absolute Gasteiger partial charge is 0.225 e. The Morgan fingerprint density at radius 1 is 1.24 bits per heavy atom. The number of hydrogen-bond donors (Lipinski definition) is 1. The molecule has 1 fully saturated rings. The molecule has 0 spiro atoms. The molecular formula is C19H26FN5. The van der Waals surface area contributed by atoms with Crippen LogP contribution in [0.25, 0.3) is 0 Å². The second kappa shape index (κ2) is 7.33. The Morgan fingerprint density at radius 2 is 2.00 bits per heavy atom.